The summed E-state index contributed by atoms with van der Waals surface area (Å²) in [7, 11) is 0. The van der Waals surface area contributed by atoms with Crippen LogP contribution in [0.1, 0.15) is 19.8 Å². The van der Waals surface area contributed by atoms with Gasteiger partial charge in [-0.2, -0.15) is 0 Å². The summed E-state index contributed by atoms with van der Waals surface area (Å²) in [6.45, 7) is 3.68. The summed E-state index contributed by atoms with van der Waals surface area (Å²) in [5, 5.41) is 11.8. The molecule has 1 aliphatic heterocycles. The molecule has 1 saturated heterocycles. The molecule has 1 heterocycles. The van der Waals surface area contributed by atoms with E-state index in [1.807, 2.05) is 0 Å². The molecule has 0 aliphatic carbocycles. The Morgan fingerprint density at radius 3 is 2.59 bits per heavy atom. The average Bonchev–Trinajstić information content (AvgIpc) is 2.34. The molecule has 0 aromatic heterocycles. The number of piperidine rings is 1. The number of aliphatic carboxylic acids is 1. The fraction of sp³-hybridized carbons (Fsp3) is 0.818. The maximum absolute atomic E-state index is 11.7. The van der Waals surface area contributed by atoms with Crippen LogP contribution in [-0.2, 0) is 14.3 Å². The van der Waals surface area contributed by atoms with Gasteiger partial charge in [0.2, 0.25) is 5.91 Å². The number of carboxylic acid groups (broad SMARTS) is 1. The van der Waals surface area contributed by atoms with Crippen molar-refractivity contribution in [2.45, 2.75) is 25.9 Å². The van der Waals surface area contributed by atoms with Crippen LogP contribution in [0.2, 0.25) is 0 Å². The molecule has 2 N–H and O–H groups in total. The number of carbonyl (C=O) groups excluding carboxylic acids is 1. The van der Waals surface area contributed by atoms with Crippen molar-refractivity contribution < 1.29 is 19.4 Å². The van der Waals surface area contributed by atoms with Gasteiger partial charge < -0.3 is 20.1 Å². The van der Waals surface area contributed by atoms with E-state index < -0.39 is 5.97 Å². The summed E-state index contributed by atoms with van der Waals surface area (Å²) in [6, 6.07) is 0. The van der Waals surface area contributed by atoms with Crippen LogP contribution in [0.5, 0.6) is 0 Å². The van der Waals surface area contributed by atoms with Crippen molar-refractivity contribution in [3.8, 4) is 0 Å². The van der Waals surface area contributed by atoms with Crippen LogP contribution in [0, 0.1) is 0 Å². The molecule has 0 aromatic rings. The SMILES string of the molecule is CCN(CC(=O)O)C(=O)COC1CCNCC1. The summed E-state index contributed by atoms with van der Waals surface area (Å²) in [6.07, 6.45) is 1.92. The lowest BCUT2D eigenvalue weighted by Gasteiger charge is -2.24. The number of amides is 1. The smallest absolute Gasteiger partial charge is 0.323 e. The molecule has 6 nitrogen and oxygen atoms in total. The van der Waals surface area contributed by atoms with E-state index in [4.69, 9.17) is 9.84 Å². The Hall–Kier alpha value is -1.14. The van der Waals surface area contributed by atoms with Crippen LogP contribution >= 0.6 is 0 Å². The van der Waals surface area contributed by atoms with E-state index >= 15 is 0 Å². The molecule has 1 amide bonds. The Bertz CT molecular complexity index is 264. The highest BCUT2D eigenvalue weighted by Crippen LogP contribution is 2.07. The maximum Gasteiger partial charge on any atom is 0.323 e. The van der Waals surface area contributed by atoms with E-state index in [9.17, 15) is 9.59 Å². The molecule has 1 fully saturated rings. The molecule has 6 heteroatoms. The van der Waals surface area contributed by atoms with E-state index in [0.29, 0.717) is 6.54 Å². The van der Waals surface area contributed by atoms with Crippen LogP contribution in [0.4, 0.5) is 0 Å². The third-order valence-electron chi connectivity index (χ3n) is 2.79. The normalized spacial score (nSPS) is 16.8. The second kappa shape index (κ2) is 7.24. The predicted molar refractivity (Wildman–Crippen MR) is 61.7 cm³/mol. The zero-order valence-corrected chi connectivity index (χ0v) is 10.1. The molecular weight excluding hydrogens is 224 g/mol. The Morgan fingerprint density at radius 1 is 1.41 bits per heavy atom. The number of carbonyl (C=O) groups is 2. The lowest BCUT2D eigenvalue weighted by molar-refractivity contribution is -0.147. The standard InChI is InChI=1S/C11H20N2O4/c1-2-13(7-11(15)16)10(14)8-17-9-3-5-12-6-4-9/h9,12H,2-8H2,1H3,(H,15,16). The molecule has 0 unspecified atom stereocenters. The van der Waals surface area contributed by atoms with Gasteiger partial charge in [-0.25, -0.2) is 0 Å². The van der Waals surface area contributed by atoms with E-state index in [0.717, 1.165) is 25.9 Å². The Kier molecular flexibility index (Phi) is 5.93. The second-order valence-corrected chi connectivity index (χ2v) is 4.06. The summed E-state index contributed by atoms with van der Waals surface area (Å²) < 4.78 is 5.48. The summed E-state index contributed by atoms with van der Waals surface area (Å²) >= 11 is 0. The third kappa shape index (κ3) is 5.14. The number of ether oxygens (including phenoxy) is 1. The van der Waals surface area contributed by atoms with Gasteiger partial charge >= 0.3 is 5.97 Å². The first-order chi connectivity index (χ1) is 8.13. The lowest BCUT2D eigenvalue weighted by Crippen LogP contribution is -2.40. The molecule has 17 heavy (non-hydrogen) atoms. The van der Waals surface area contributed by atoms with Crippen molar-refractivity contribution in [2.24, 2.45) is 0 Å². The molecule has 1 aliphatic rings. The van der Waals surface area contributed by atoms with Crippen molar-refractivity contribution in [1.29, 1.82) is 0 Å². The highest BCUT2D eigenvalue weighted by atomic mass is 16.5. The monoisotopic (exact) mass is 244 g/mol. The molecule has 0 saturated carbocycles. The molecular formula is C11H20N2O4. The van der Waals surface area contributed by atoms with E-state index in [1.165, 1.54) is 4.90 Å². The minimum Gasteiger partial charge on any atom is -0.480 e. The minimum atomic E-state index is -0.998. The zero-order chi connectivity index (χ0) is 12.7. The number of rotatable bonds is 6. The predicted octanol–water partition coefficient (Wildman–Crippen LogP) is -0.312. The van der Waals surface area contributed by atoms with Crippen molar-refractivity contribution >= 4 is 11.9 Å². The Balaban J connectivity index is 2.28. The lowest BCUT2D eigenvalue weighted by atomic mass is 10.1. The summed E-state index contributed by atoms with van der Waals surface area (Å²) in [5.74, 6) is -1.25. The number of hydrogen-bond donors (Lipinski definition) is 2. The fourth-order valence-corrected chi connectivity index (χ4v) is 1.78. The Labute approximate surface area is 101 Å². The van der Waals surface area contributed by atoms with Crippen molar-refractivity contribution in [2.75, 3.05) is 32.8 Å². The van der Waals surface area contributed by atoms with Gasteiger partial charge in [0.05, 0.1) is 6.10 Å². The number of nitrogens with zero attached hydrogens (tertiary/aromatic N) is 1. The largest absolute Gasteiger partial charge is 0.480 e. The van der Waals surface area contributed by atoms with Crippen molar-refractivity contribution in [1.82, 2.24) is 10.2 Å². The highest BCUT2D eigenvalue weighted by molar-refractivity contribution is 5.82. The number of carboxylic acids is 1. The van der Waals surface area contributed by atoms with Gasteiger partial charge in [0.25, 0.3) is 0 Å². The van der Waals surface area contributed by atoms with Crippen LogP contribution in [0.15, 0.2) is 0 Å². The van der Waals surface area contributed by atoms with Crippen LogP contribution in [0.3, 0.4) is 0 Å². The van der Waals surface area contributed by atoms with Crippen LogP contribution < -0.4 is 5.32 Å². The van der Waals surface area contributed by atoms with Gasteiger partial charge in [0, 0.05) is 6.54 Å². The van der Waals surface area contributed by atoms with Crippen LogP contribution in [-0.4, -0.2) is 60.8 Å². The maximum atomic E-state index is 11.7. The van der Waals surface area contributed by atoms with Gasteiger partial charge in [-0.3, -0.25) is 9.59 Å². The summed E-state index contributed by atoms with van der Waals surface area (Å²) in [4.78, 5) is 23.5. The molecule has 0 bridgehead atoms. The van der Waals surface area contributed by atoms with Gasteiger partial charge in [-0.15, -0.1) is 0 Å². The number of hydrogen-bond acceptors (Lipinski definition) is 4. The molecule has 1 rings (SSSR count). The number of nitrogens with one attached hydrogen (secondary N) is 1. The fourth-order valence-electron chi connectivity index (χ4n) is 1.78. The van der Waals surface area contributed by atoms with E-state index in [2.05, 4.69) is 5.32 Å². The van der Waals surface area contributed by atoms with Gasteiger partial charge in [-0.1, -0.05) is 0 Å². The van der Waals surface area contributed by atoms with Crippen molar-refractivity contribution in [3.05, 3.63) is 0 Å². The molecule has 0 spiro atoms. The highest BCUT2D eigenvalue weighted by Gasteiger charge is 2.18. The van der Waals surface area contributed by atoms with Gasteiger partial charge in [-0.05, 0) is 32.9 Å². The third-order valence-corrected chi connectivity index (χ3v) is 2.79. The van der Waals surface area contributed by atoms with Crippen LogP contribution in [0.25, 0.3) is 0 Å². The zero-order valence-electron chi connectivity index (χ0n) is 10.1. The molecule has 98 valence electrons. The second-order valence-electron chi connectivity index (χ2n) is 4.06. The minimum absolute atomic E-state index is 0.0220. The molecule has 0 radical (unpaired) electrons. The Morgan fingerprint density at radius 2 is 2.06 bits per heavy atom. The molecule has 0 aromatic carbocycles. The molecule has 0 atom stereocenters. The first-order valence-electron chi connectivity index (χ1n) is 5.95. The topological polar surface area (TPSA) is 78.9 Å². The van der Waals surface area contributed by atoms with Gasteiger partial charge in [0.1, 0.15) is 13.2 Å². The first-order valence-corrected chi connectivity index (χ1v) is 5.95. The average molecular weight is 244 g/mol. The number of likely N-dealkylation sites (N-methyl/N-ethyl adjacent to an activating group) is 1. The van der Waals surface area contributed by atoms with Crippen molar-refractivity contribution in [3.63, 3.8) is 0 Å². The van der Waals surface area contributed by atoms with Gasteiger partial charge in [0.15, 0.2) is 0 Å². The summed E-state index contributed by atoms with van der Waals surface area (Å²) in [5.41, 5.74) is 0. The van der Waals surface area contributed by atoms with E-state index in [1.54, 1.807) is 6.92 Å². The van der Waals surface area contributed by atoms with E-state index in [-0.39, 0.29) is 25.2 Å². The first kappa shape index (κ1) is 13.9. The quantitative estimate of drug-likeness (QED) is 0.670.